The minimum atomic E-state index is -0.724. The van der Waals surface area contributed by atoms with E-state index in [-0.39, 0.29) is 18.3 Å². The first-order chi connectivity index (χ1) is 13.5. The number of rotatable bonds is 9. The van der Waals surface area contributed by atoms with E-state index >= 15 is 0 Å². The van der Waals surface area contributed by atoms with Crippen molar-refractivity contribution in [1.29, 1.82) is 0 Å². The van der Waals surface area contributed by atoms with Gasteiger partial charge in [0.25, 0.3) is 5.69 Å². The maximum absolute atomic E-state index is 10.6. The minimum absolute atomic E-state index is 0.00510. The number of nitro groups is 1. The van der Waals surface area contributed by atoms with Crippen molar-refractivity contribution in [2.45, 2.75) is 19.1 Å². The quantitative estimate of drug-likeness (QED) is 0.421. The monoisotopic (exact) mass is 384 g/mol. The van der Waals surface area contributed by atoms with Crippen LogP contribution in [-0.2, 0) is 0 Å². The minimum Gasteiger partial charge on any atom is -0.491 e. The molecule has 0 radical (unpaired) electrons. The van der Waals surface area contributed by atoms with Crippen LogP contribution in [-0.4, -0.2) is 49.5 Å². The normalized spacial score (nSPS) is 13.1. The number of hydrogen-bond donors (Lipinski definition) is 2. The molecular weight excluding hydrogens is 364 g/mol. The Balaban J connectivity index is 1.44. The van der Waals surface area contributed by atoms with Crippen molar-refractivity contribution in [2.24, 2.45) is 0 Å². The van der Waals surface area contributed by atoms with E-state index in [0.717, 1.165) is 11.3 Å². The van der Waals surface area contributed by atoms with Gasteiger partial charge in [-0.05, 0) is 47.2 Å². The summed E-state index contributed by atoms with van der Waals surface area (Å²) < 4.78 is 7.03. The van der Waals surface area contributed by atoms with Crippen LogP contribution in [0, 0.1) is 10.1 Å². The van der Waals surface area contributed by atoms with E-state index in [0.29, 0.717) is 12.3 Å². The largest absolute Gasteiger partial charge is 0.491 e. The predicted molar refractivity (Wildman–Crippen MR) is 100 cm³/mol. The number of aromatic nitrogens is 4. The number of aliphatic hydroxyl groups is 1. The zero-order valence-electron chi connectivity index (χ0n) is 15.2. The van der Waals surface area contributed by atoms with Crippen LogP contribution in [0.25, 0.3) is 5.69 Å². The highest BCUT2D eigenvalue weighted by atomic mass is 16.6. The zero-order chi connectivity index (χ0) is 19.9. The molecule has 0 amide bonds. The average Bonchev–Trinajstić information content (AvgIpc) is 3.25. The Morgan fingerprint density at radius 1 is 1.21 bits per heavy atom. The standard InChI is InChI=1S/C18H20N6O4/c1-13(14-2-4-15(5-3-14)23-12-20-21-22-23)19-10-17(25)11-28-18-8-6-16(7-9-18)24(26)27/h2-9,12-13,17,19,25H,10-11H2,1H3. The van der Waals surface area contributed by atoms with Crippen LogP contribution in [0.1, 0.15) is 18.5 Å². The SMILES string of the molecule is CC(NCC(O)COc1ccc([N+](=O)[O-])cc1)c1ccc(-n2cnnn2)cc1. The van der Waals surface area contributed by atoms with E-state index in [4.69, 9.17) is 4.74 Å². The summed E-state index contributed by atoms with van der Waals surface area (Å²) in [6.07, 6.45) is 0.802. The molecule has 0 saturated heterocycles. The van der Waals surface area contributed by atoms with Gasteiger partial charge < -0.3 is 15.2 Å². The first-order valence-corrected chi connectivity index (χ1v) is 8.65. The fourth-order valence-electron chi connectivity index (χ4n) is 2.54. The number of hydrogen-bond acceptors (Lipinski definition) is 8. The van der Waals surface area contributed by atoms with Gasteiger partial charge in [0.1, 0.15) is 24.8 Å². The number of ether oxygens (including phenoxy) is 1. The third-order valence-electron chi connectivity index (χ3n) is 4.16. The second-order valence-corrected chi connectivity index (χ2v) is 6.19. The van der Waals surface area contributed by atoms with Gasteiger partial charge in [-0.2, -0.15) is 0 Å². The second kappa shape index (κ2) is 9.02. The highest BCUT2D eigenvalue weighted by molar-refractivity contribution is 5.36. The van der Waals surface area contributed by atoms with Gasteiger partial charge in [0.05, 0.1) is 10.6 Å². The molecule has 0 fully saturated rings. The Labute approximate surface area is 160 Å². The molecule has 28 heavy (non-hydrogen) atoms. The van der Waals surface area contributed by atoms with Crippen molar-refractivity contribution in [3.63, 3.8) is 0 Å². The number of benzene rings is 2. The van der Waals surface area contributed by atoms with Gasteiger partial charge >= 0.3 is 0 Å². The zero-order valence-corrected chi connectivity index (χ0v) is 15.2. The van der Waals surface area contributed by atoms with Gasteiger partial charge in [-0.25, -0.2) is 4.68 Å². The van der Waals surface area contributed by atoms with Crippen LogP contribution in [0.4, 0.5) is 5.69 Å². The maximum Gasteiger partial charge on any atom is 0.269 e. The number of nitro benzene ring substituents is 1. The van der Waals surface area contributed by atoms with Crippen molar-refractivity contribution in [3.8, 4) is 11.4 Å². The highest BCUT2D eigenvalue weighted by Crippen LogP contribution is 2.18. The third-order valence-corrected chi connectivity index (χ3v) is 4.16. The number of non-ortho nitro benzene ring substituents is 1. The topological polar surface area (TPSA) is 128 Å². The predicted octanol–water partition coefficient (Wildman–Crippen LogP) is 1.66. The van der Waals surface area contributed by atoms with Crippen LogP contribution < -0.4 is 10.1 Å². The van der Waals surface area contributed by atoms with Crippen LogP contribution >= 0.6 is 0 Å². The van der Waals surface area contributed by atoms with Crippen LogP contribution in [0.5, 0.6) is 5.75 Å². The molecule has 1 aromatic heterocycles. The molecule has 3 rings (SSSR count). The fraction of sp³-hybridized carbons (Fsp3) is 0.278. The lowest BCUT2D eigenvalue weighted by molar-refractivity contribution is -0.384. The Bertz CT molecular complexity index is 883. The highest BCUT2D eigenvalue weighted by Gasteiger charge is 2.11. The van der Waals surface area contributed by atoms with Crippen molar-refractivity contribution in [3.05, 3.63) is 70.5 Å². The van der Waals surface area contributed by atoms with E-state index in [2.05, 4.69) is 20.8 Å². The summed E-state index contributed by atoms with van der Waals surface area (Å²) in [5, 5.41) is 35.0. The van der Waals surface area contributed by atoms with Gasteiger partial charge in [-0.1, -0.05) is 12.1 Å². The number of nitrogens with zero attached hydrogens (tertiary/aromatic N) is 5. The summed E-state index contributed by atoms with van der Waals surface area (Å²) in [6, 6.07) is 13.5. The van der Waals surface area contributed by atoms with Crippen molar-refractivity contribution in [2.75, 3.05) is 13.2 Å². The molecule has 0 saturated carbocycles. The van der Waals surface area contributed by atoms with Gasteiger partial charge in [-0.3, -0.25) is 10.1 Å². The third kappa shape index (κ3) is 5.09. The van der Waals surface area contributed by atoms with E-state index in [1.165, 1.54) is 30.6 Å². The molecule has 0 bridgehead atoms. The molecule has 1 heterocycles. The molecule has 0 aliphatic carbocycles. The summed E-state index contributed by atoms with van der Waals surface area (Å²) in [5.74, 6) is 0.468. The smallest absolute Gasteiger partial charge is 0.269 e. The van der Waals surface area contributed by atoms with Gasteiger partial charge in [0, 0.05) is 24.7 Å². The van der Waals surface area contributed by atoms with Crippen molar-refractivity contribution in [1.82, 2.24) is 25.5 Å². The van der Waals surface area contributed by atoms with Gasteiger partial charge in [0.2, 0.25) is 0 Å². The van der Waals surface area contributed by atoms with Crippen LogP contribution in [0.15, 0.2) is 54.9 Å². The molecule has 2 aromatic carbocycles. The fourth-order valence-corrected chi connectivity index (χ4v) is 2.54. The first-order valence-electron chi connectivity index (χ1n) is 8.65. The molecule has 2 unspecified atom stereocenters. The number of nitrogens with one attached hydrogen (secondary N) is 1. The number of aliphatic hydroxyl groups excluding tert-OH is 1. The van der Waals surface area contributed by atoms with Crippen molar-refractivity contribution >= 4 is 5.69 Å². The summed E-state index contributed by atoms with van der Waals surface area (Å²) in [4.78, 5) is 10.2. The van der Waals surface area contributed by atoms with Gasteiger partial charge in [-0.15, -0.1) is 5.10 Å². The summed E-state index contributed by atoms with van der Waals surface area (Å²) in [5.41, 5.74) is 1.91. The lowest BCUT2D eigenvalue weighted by atomic mass is 10.1. The molecule has 0 aliphatic rings. The van der Waals surface area contributed by atoms with Gasteiger partial charge in [0.15, 0.2) is 0 Å². The Morgan fingerprint density at radius 2 is 1.93 bits per heavy atom. The first kappa shape index (κ1) is 19.4. The molecule has 146 valence electrons. The molecule has 10 heteroatoms. The number of tetrazole rings is 1. The van der Waals surface area contributed by atoms with Crippen molar-refractivity contribution < 1.29 is 14.8 Å². The summed E-state index contributed by atoms with van der Waals surface area (Å²) in [6.45, 7) is 2.41. The van der Waals surface area contributed by atoms with Crippen LogP contribution in [0.2, 0.25) is 0 Å². The molecule has 3 aromatic rings. The average molecular weight is 384 g/mol. The van der Waals surface area contributed by atoms with E-state index in [1.807, 2.05) is 31.2 Å². The summed E-state index contributed by atoms with van der Waals surface area (Å²) >= 11 is 0. The molecular formula is C18H20N6O4. The van der Waals surface area contributed by atoms with E-state index < -0.39 is 11.0 Å². The molecule has 10 nitrogen and oxygen atoms in total. The van der Waals surface area contributed by atoms with E-state index in [1.54, 1.807) is 4.68 Å². The Hall–Kier alpha value is -3.37. The lowest BCUT2D eigenvalue weighted by Gasteiger charge is -2.18. The summed E-state index contributed by atoms with van der Waals surface area (Å²) in [7, 11) is 0. The Kier molecular flexibility index (Phi) is 6.25. The molecule has 0 aliphatic heterocycles. The Morgan fingerprint density at radius 3 is 2.54 bits per heavy atom. The molecule has 2 N–H and O–H groups in total. The molecule has 0 spiro atoms. The van der Waals surface area contributed by atoms with E-state index in [9.17, 15) is 15.2 Å². The maximum atomic E-state index is 10.6. The lowest BCUT2D eigenvalue weighted by Crippen LogP contribution is -2.33. The van der Waals surface area contributed by atoms with Crippen LogP contribution in [0.3, 0.4) is 0 Å². The molecule has 2 atom stereocenters. The second-order valence-electron chi connectivity index (χ2n) is 6.19.